The third-order valence-corrected chi connectivity index (χ3v) is 6.21. The van der Waals surface area contributed by atoms with Gasteiger partial charge in [-0.2, -0.15) is 0 Å². The van der Waals surface area contributed by atoms with Gasteiger partial charge in [-0.25, -0.2) is 18.0 Å². The summed E-state index contributed by atoms with van der Waals surface area (Å²) >= 11 is 0. The first-order valence-electron chi connectivity index (χ1n) is 9.46. The molecule has 2 amide bonds. The Bertz CT molecular complexity index is 1060. The number of nitrogens with one attached hydrogen (secondary N) is 1. The third kappa shape index (κ3) is 4.63. The van der Waals surface area contributed by atoms with E-state index in [0.29, 0.717) is 5.75 Å². The van der Waals surface area contributed by atoms with Crippen molar-refractivity contribution in [3.8, 4) is 11.5 Å². The van der Waals surface area contributed by atoms with Crippen molar-refractivity contribution in [3.63, 3.8) is 0 Å². The van der Waals surface area contributed by atoms with Gasteiger partial charge in [-0.1, -0.05) is 12.1 Å². The highest BCUT2D eigenvalue weighted by atomic mass is 32.2. The highest BCUT2D eigenvalue weighted by Gasteiger charge is 2.33. The number of ether oxygens (including phenoxy) is 2. The summed E-state index contributed by atoms with van der Waals surface area (Å²) in [5.41, 5.74) is 2.13. The molecule has 30 heavy (non-hydrogen) atoms. The second-order valence-corrected chi connectivity index (χ2v) is 8.74. The molecule has 160 valence electrons. The molecule has 1 aliphatic rings. The van der Waals surface area contributed by atoms with Crippen LogP contribution in [0, 0.1) is 13.8 Å². The van der Waals surface area contributed by atoms with E-state index in [-0.39, 0.29) is 54.1 Å². The minimum atomic E-state index is -3.88. The highest BCUT2D eigenvalue weighted by Crippen LogP contribution is 2.34. The number of imide groups is 1. The van der Waals surface area contributed by atoms with Crippen molar-refractivity contribution in [1.29, 1.82) is 0 Å². The number of nitrogens with zero attached hydrogens (tertiary/aromatic N) is 1. The van der Waals surface area contributed by atoms with Gasteiger partial charge in [0.2, 0.25) is 21.8 Å². The Kier molecular flexibility index (Phi) is 6.42. The number of rotatable bonds is 8. The average molecular weight is 432 g/mol. The van der Waals surface area contributed by atoms with Crippen LogP contribution in [0.15, 0.2) is 41.3 Å². The largest absolute Gasteiger partial charge is 0.495 e. The number of amides is 2. The lowest BCUT2D eigenvalue weighted by atomic mass is 10.1. The number of aryl methyl sites for hydroxylation is 2. The van der Waals surface area contributed by atoms with Gasteiger partial charge in [0.1, 0.15) is 18.1 Å². The van der Waals surface area contributed by atoms with Crippen LogP contribution in [-0.2, 0) is 19.6 Å². The van der Waals surface area contributed by atoms with E-state index in [1.807, 2.05) is 32.0 Å². The van der Waals surface area contributed by atoms with Gasteiger partial charge in [0, 0.05) is 19.4 Å². The molecule has 0 bridgehead atoms. The third-order valence-electron chi connectivity index (χ3n) is 4.75. The first-order chi connectivity index (χ1) is 14.2. The van der Waals surface area contributed by atoms with E-state index in [1.165, 1.54) is 25.3 Å². The molecule has 1 saturated heterocycles. The predicted octanol–water partition coefficient (Wildman–Crippen LogP) is 2.32. The number of benzene rings is 2. The fourth-order valence-electron chi connectivity index (χ4n) is 3.14. The molecule has 0 unspecified atom stereocenters. The minimum absolute atomic E-state index is 0.0542. The molecular formula is C21H24N2O6S. The molecule has 0 spiro atoms. The first-order valence-corrected chi connectivity index (χ1v) is 10.9. The Balaban J connectivity index is 1.72. The molecule has 0 atom stereocenters. The Morgan fingerprint density at radius 1 is 1.00 bits per heavy atom. The lowest BCUT2D eigenvalue weighted by molar-refractivity contribution is -0.121. The number of methoxy groups -OCH3 is 1. The van der Waals surface area contributed by atoms with Crippen LogP contribution in [-0.4, -0.2) is 40.5 Å². The van der Waals surface area contributed by atoms with E-state index in [1.54, 1.807) is 0 Å². The Morgan fingerprint density at radius 2 is 1.70 bits per heavy atom. The fraction of sp³-hybridized carbons (Fsp3) is 0.333. The van der Waals surface area contributed by atoms with Crippen molar-refractivity contribution in [2.24, 2.45) is 0 Å². The molecule has 0 aliphatic carbocycles. The van der Waals surface area contributed by atoms with Gasteiger partial charge < -0.3 is 9.47 Å². The lowest BCUT2D eigenvalue weighted by Gasteiger charge is -2.18. The van der Waals surface area contributed by atoms with Gasteiger partial charge in [-0.3, -0.25) is 9.59 Å². The Hall–Kier alpha value is -2.91. The van der Waals surface area contributed by atoms with Gasteiger partial charge >= 0.3 is 0 Å². The van der Waals surface area contributed by atoms with E-state index in [2.05, 4.69) is 4.72 Å². The molecule has 1 N–H and O–H groups in total. The standard InChI is InChI=1S/C21H24N2O6S/c1-14-4-5-15(2)19(12-14)29-11-10-22-30(26,27)16-6-7-18(28-3)17(13-16)23-20(24)8-9-21(23)25/h4-7,12-13,22H,8-11H2,1-3H3. The van der Waals surface area contributed by atoms with E-state index >= 15 is 0 Å². The molecule has 3 rings (SSSR count). The summed E-state index contributed by atoms with van der Waals surface area (Å²) < 4.78 is 38.8. The van der Waals surface area contributed by atoms with Crippen LogP contribution < -0.4 is 19.1 Å². The van der Waals surface area contributed by atoms with Crippen molar-refractivity contribution in [2.75, 3.05) is 25.2 Å². The lowest BCUT2D eigenvalue weighted by Crippen LogP contribution is -2.31. The van der Waals surface area contributed by atoms with Crippen LogP contribution in [0.5, 0.6) is 11.5 Å². The molecule has 2 aromatic rings. The quantitative estimate of drug-likeness (QED) is 0.507. The maximum Gasteiger partial charge on any atom is 0.240 e. The monoisotopic (exact) mass is 432 g/mol. The number of hydrogen-bond donors (Lipinski definition) is 1. The second kappa shape index (κ2) is 8.85. The van der Waals surface area contributed by atoms with Crippen LogP contribution in [0.3, 0.4) is 0 Å². The molecule has 2 aromatic carbocycles. The molecule has 8 nitrogen and oxygen atoms in total. The van der Waals surface area contributed by atoms with E-state index in [4.69, 9.17) is 9.47 Å². The molecular weight excluding hydrogens is 408 g/mol. The smallest absolute Gasteiger partial charge is 0.240 e. The van der Waals surface area contributed by atoms with E-state index in [0.717, 1.165) is 16.0 Å². The van der Waals surface area contributed by atoms with Gasteiger partial charge in [0.05, 0.1) is 17.7 Å². The van der Waals surface area contributed by atoms with Crippen LogP contribution in [0.25, 0.3) is 0 Å². The number of sulfonamides is 1. The van der Waals surface area contributed by atoms with Gasteiger partial charge in [0.25, 0.3) is 0 Å². The van der Waals surface area contributed by atoms with Crippen molar-refractivity contribution < 1.29 is 27.5 Å². The maximum atomic E-state index is 12.7. The summed E-state index contributed by atoms with van der Waals surface area (Å²) in [5, 5.41) is 0. The summed E-state index contributed by atoms with van der Waals surface area (Å²) in [6.45, 7) is 4.07. The zero-order chi connectivity index (χ0) is 21.9. The van der Waals surface area contributed by atoms with Crippen molar-refractivity contribution in [2.45, 2.75) is 31.6 Å². The molecule has 0 aromatic heterocycles. The Labute approximate surface area is 175 Å². The van der Waals surface area contributed by atoms with Crippen molar-refractivity contribution >= 4 is 27.5 Å². The first kappa shape index (κ1) is 21.8. The number of hydrogen-bond acceptors (Lipinski definition) is 6. The highest BCUT2D eigenvalue weighted by molar-refractivity contribution is 7.89. The normalized spacial score (nSPS) is 14.3. The zero-order valence-corrected chi connectivity index (χ0v) is 17.9. The average Bonchev–Trinajstić information content (AvgIpc) is 3.05. The van der Waals surface area contributed by atoms with Crippen molar-refractivity contribution in [3.05, 3.63) is 47.5 Å². The van der Waals surface area contributed by atoms with Gasteiger partial charge in [-0.15, -0.1) is 0 Å². The molecule has 1 heterocycles. The second-order valence-electron chi connectivity index (χ2n) is 6.97. The van der Waals surface area contributed by atoms with Gasteiger partial charge in [-0.05, 0) is 49.2 Å². The SMILES string of the molecule is COc1ccc(S(=O)(=O)NCCOc2cc(C)ccc2C)cc1N1C(=O)CCC1=O. The molecule has 1 aliphatic heterocycles. The van der Waals surface area contributed by atoms with Crippen LogP contribution >= 0.6 is 0 Å². The summed E-state index contributed by atoms with van der Waals surface area (Å²) in [5.74, 6) is 0.174. The summed E-state index contributed by atoms with van der Waals surface area (Å²) in [6.07, 6.45) is 0.180. The van der Waals surface area contributed by atoms with Gasteiger partial charge in [0.15, 0.2) is 0 Å². The van der Waals surface area contributed by atoms with Crippen molar-refractivity contribution in [1.82, 2.24) is 4.72 Å². The Morgan fingerprint density at radius 3 is 2.37 bits per heavy atom. The molecule has 9 heteroatoms. The van der Waals surface area contributed by atoms with E-state index < -0.39 is 10.0 Å². The summed E-state index contributed by atoms with van der Waals surface area (Å²) in [6, 6.07) is 9.87. The topological polar surface area (TPSA) is 102 Å². The molecule has 1 fully saturated rings. The molecule has 0 saturated carbocycles. The predicted molar refractivity (Wildman–Crippen MR) is 111 cm³/mol. The minimum Gasteiger partial charge on any atom is -0.495 e. The number of anilines is 1. The van der Waals surface area contributed by atoms with E-state index in [9.17, 15) is 18.0 Å². The van der Waals surface area contributed by atoms with Crippen LogP contribution in [0.4, 0.5) is 5.69 Å². The summed E-state index contributed by atoms with van der Waals surface area (Å²) in [4.78, 5) is 25.1. The van der Waals surface area contributed by atoms with Crippen LogP contribution in [0.1, 0.15) is 24.0 Å². The summed E-state index contributed by atoms with van der Waals surface area (Å²) in [7, 11) is -2.49. The number of carbonyl (C=O) groups excluding carboxylic acids is 2. The maximum absolute atomic E-state index is 12.7. The van der Waals surface area contributed by atoms with Crippen LogP contribution in [0.2, 0.25) is 0 Å². The zero-order valence-electron chi connectivity index (χ0n) is 17.1. The number of carbonyl (C=O) groups is 2. The molecule has 0 radical (unpaired) electrons. The fourth-order valence-corrected chi connectivity index (χ4v) is 4.17.